The maximum absolute atomic E-state index is 14.8. The number of rotatable bonds is 69. The Morgan fingerprint density at radius 2 is 0.650 bits per heavy atom. The Morgan fingerprint density at radius 1 is 0.350 bits per heavy atom. The van der Waals surface area contributed by atoms with Crippen molar-refractivity contribution in [2.45, 2.75) is 261 Å². The number of carbonyl (C=O) groups is 19. The number of imidazole rings is 1. The second-order valence-electron chi connectivity index (χ2n) is 32.4. The average Bonchev–Trinajstić information content (AvgIpc) is 1.08. The molecule has 770 valence electrons. The first kappa shape index (κ1) is 120. The number of carboxylic acid groups (broad SMARTS) is 1. The monoisotopic (exact) mass is 1950 g/mol. The van der Waals surface area contributed by atoms with E-state index in [1.54, 1.807) is 34.6 Å². The Kier molecular flexibility index (Phi) is 56.5. The SMILES string of the molecule is CC[C@H](C)[C@H](NC(=O)CNC(=O)[C@@H](NC(=O)[C@H](CCCNC(=N)N)NC(=O)[C@H](CO)NC(=O)[C@H](Cc1cnc[nH]1)NC(=O)[C@@H](N)CCCNC(=N)N)[C@@H](C)CC)C(=O)N[C@H](C(=O)N[C@@H](CCC(N)=O)C(=O)N[C@@H](CCC(N)=O)C(=O)N[C@@H](CCCNC(=N)N)C(=O)N[C@@H](CCCNC(=N)N)C(=O)N[C@H](C(=O)N[C@@H](CCCNC(=N)N)C(=O)N[C@@H](CC(N)=O)C(=O)NCC(=O)O)[C@@H](C)O)[C@@H](C)CC. The fraction of sp³-hybridized carbons (Fsp3) is 0.658. The molecule has 47 N–H and O–H groups in total. The fourth-order valence-corrected chi connectivity index (χ4v) is 12.9. The van der Waals surface area contributed by atoms with Gasteiger partial charge in [0.05, 0.1) is 38.0 Å². The summed E-state index contributed by atoms with van der Waals surface area (Å²) in [6.45, 7) is 7.75. The fourth-order valence-electron chi connectivity index (χ4n) is 12.9. The van der Waals surface area contributed by atoms with Crippen molar-refractivity contribution in [1.29, 1.82) is 27.0 Å². The van der Waals surface area contributed by atoms with Crippen LogP contribution in [-0.2, 0) is 97.5 Å². The number of nitrogens with one attached hydrogen (secondary N) is 26. The smallest absolute Gasteiger partial charge is 0.322 e. The number of aliphatic hydroxyl groups is 2. The number of nitrogens with two attached hydrogens (primary N) is 9. The first-order valence-corrected chi connectivity index (χ1v) is 44.4. The minimum Gasteiger partial charge on any atom is -0.480 e. The molecule has 0 aliphatic rings. The highest BCUT2D eigenvalue weighted by Gasteiger charge is 2.41. The zero-order chi connectivity index (χ0) is 104. The number of H-pyrrole nitrogens is 1. The molecule has 1 aromatic heterocycles. The van der Waals surface area contributed by atoms with E-state index in [0.29, 0.717) is 12.1 Å². The summed E-state index contributed by atoms with van der Waals surface area (Å²) in [7, 11) is 0. The zero-order valence-corrected chi connectivity index (χ0v) is 77.9. The number of nitrogens with zero attached hydrogens (tertiary/aromatic N) is 1. The van der Waals surface area contributed by atoms with Crippen molar-refractivity contribution in [2.24, 2.45) is 69.4 Å². The van der Waals surface area contributed by atoms with Gasteiger partial charge in [0.2, 0.25) is 106 Å². The van der Waals surface area contributed by atoms with E-state index in [4.69, 9.17) is 83.8 Å². The summed E-state index contributed by atoms with van der Waals surface area (Å²) in [6, 6.07) is -23.1. The Balaban J connectivity index is 3.78. The molecule has 0 aliphatic carbocycles. The van der Waals surface area contributed by atoms with E-state index in [9.17, 15) is 101 Å². The van der Waals surface area contributed by atoms with Gasteiger partial charge >= 0.3 is 5.97 Å². The second kappa shape index (κ2) is 64.3. The molecule has 0 saturated heterocycles. The molecule has 1 rings (SSSR count). The minimum atomic E-state index is -2.01. The molecule has 0 radical (unpaired) electrons. The number of aromatic nitrogens is 2. The van der Waals surface area contributed by atoms with E-state index >= 15 is 0 Å². The number of hydrogen-bond donors (Lipinski definition) is 38. The van der Waals surface area contributed by atoms with E-state index < -0.39 is 296 Å². The Bertz CT molecular complexity index is 4260. The number of aliphatic hydroxyl groups excluding tert-OH is 2. The van der Waals surface area contributed by atoms with Crippen molar-refractivity contribution in [2.75, 3.05) is 52.4 Å². The number of carbonyl (C=O) groups excluding carboxylic acids is 18. The molecule has 18 amide bonds. The maximum Gasteiger partial charge on any atom is 0.322 e. The van der Waals surface area contributed by atoms with Crippen LogP contribution < -0.4 is 158 Å². The van der Waals surface area contributed by atoms with Crippen LogP contribution in [0.4, 0.5) is 0 Å². The molecule has 0 saturated carbocycles. The number of primary amides is 3. The molecular formula is C79H142N36O22. The molecule has 1 aromatic rings. The van der Waals surface area contributed by atoms with Crippen LogP contribution in [0.2, 0.25) is 0 Å². The van der Waals surface area contributed by atoms with Crippen molar-refractivity contribution in [3.8, 4) is 0 Å². The lowest BCUT2D eigenvalue weighted by atomic mass is 9.94. The van der Waals surface area contributed by atoms with Gasteiger partial charge in [-0.15, -0.1) is 0 Å². The van der Waals surface area contributed by atoms with Crippen LogP contribution in [0, 0.1) is 44.8 Å². The van der Waals surface area contributed by atoms with E-state index in [2.05, 4.69) is 111 Å². The van der Waals surface area contributed by atoms with Gasteiger partial charge in [-0.05, 0) is 102 Å². The quantitative estimate of drug-likeness (QED) is 0.0164. The number of aliphatic carboxylic acids is 1. The predicted octanol–water partition coefficient (Wildman–Crippen LogP) is -13.9. The second-order valence-corrected chi connectivity index (χ2v) is 32.4. The van der Waals surface area contributed by atoms with Gasteiger partial charge in [-0.1, -0.05) is 60.8 Å². The van der Waals surface area contributed by atoms with Gasteiger partial charge in [-0.3, -0.25) is 118 Å². The highest BCUT2D eigenvalue weighted by Crippen LogP contribution is 2.17. The molecule has 0 aromatic carbocycles. The van der Waals surface area contributed by atoms with Crippen molar-refractivity contribution in [3.63, 3.8) is 0 Å². The van der Waals surface area contributed by atoms with Gasteiger partial charge < -0.3 is 178 Å². The van der Waals surface area contributed by atoms with Gasteiger partial charge in [0.15, 0.2) is 29.8 Å². The summed E-state index contributed by atoms with van der Waals surface area (Å²) in [4.78, 5) is 268. The summed E-state index contributed by atoms with van der Waals surface area (Å²) >= 11 is 0. The molecule has 0 bridgehead atoms. The summed E-state index contributed by atoms with van der Waals surface area (Å²) in [5.74, 6) is -25.3. The number of amides is 18. The van der Waals surface area contributed by atoms with Gasteiger partial charge in [0, 0.05) is 63.9 Å². The topological polar surface area (TPSA) is 1010 Å². The predicted molar refractivity (Wildman–Crippen MR) is 493 cm³/mol. The van der Waals surface area contributed by atoms with Gasteiger partial charge in [-0.2, -0.15) is 0 Å². The van der Waals surface area contributed by atoms with Crippen LogP contribution in [0.15, 0.2) is 12.5 Å². The molecule has 1 heterocycles. The number of hydrogen-bond acceptors (Lipinski definition) is 28. The van der Waals surface area contributed by atoms with Crippen molar-refractivity contribution in [1.82, 2.24) is 116 Å². The van der Waals surface area contributed by atoms with Gasteiger partial charge in [-0.25, -0.2) is 4.98 Å². The third kappa shape index (κ3) is 49.3. The molecule has 0 spiro atoms. The molecule has 18 atom stereocenters. The number of aromatic amines is 1. The first-order chi connectivity index (χ1) is 64.4. The molecule has 58 heteroatoms. The Morgan fingerprint density at radius 3 is 1.00 bits per heavy atom. The summed E-state index contributed by atoms with van der Waals surface area (Å²) in [5.41, 5.74) is 50.1. The van der Waals surface area contributed by atoms with Gasteiger partial charge in [0.1, 0.15) is 85.1 Å². The van der Waals surface area contributed by atoms with Crippen LogP contribution in [0.3, 0.4) is 0 Å². The van der Waals surface area contributed by atoms with E-state index in [-0.39, 0.29) is 122 Å². The van der Waals surface area contributed by atoms with Crippen molar-refractivity contribution in [3.05, 3.63) is 18.2 Å². The lowest BCUT2D eigenvalue weighted by Gasteiger charge is -2.30. The van der Waals surface area contributed by atoms with E-state index in [1.807, 2.05) is 5.32 Å². The summed E-state index contributed by atoms with van der Waals surface area (Å²) in [6.07, 6.45) is -3.25. The highest BCUT2D eigenvalue weighted by molar-refractivity contribution is 6.02. The number of carboxylic acids is 1. The summed E-state index contributed by atoms with van der Waals surface area (Å²) < 4.78 is 0. The average molecular weight is 1950 g/mol. The van der Waals surface area contributed by atoms with Crippen LogP contribution >= 0.6 is 0 Å². The van der Waals surface area contributed by atoms with Crippen molar-refractivity contribution >= 4 is 142 Å². The lowest BCUT2D eigenvalue weighted by Crippen LogP contribution is -2.62. The highest BCUT2D eigenvalue weighted by atomic mass is 16.4. The maximum atomic E-state index is 14.8. The van der Waals surface area contributed by atoms with E-state index in [1.165, 1.54) is 19.4 Å². The molecule has 0 unspecified atom stereocenters. The minimum absolute atomic E-state index is 0.00254. The molecule has 0 fully saturated rings. The number of guanidine groups is 5. The largest absolute Gasteiger partial charge is 0.480 e. The normalized spacial score (nSPS) is 14.8. The molecule has 58 nitrogen and oxygen atoms in total. The van der Waals surface area contributed by atoms with Crippen LogP contribution in [0.5, 0.6) is 0 Å². The van der Waals surface area contributed by atoms with Crippen LogP contribution in [0.25, 0.3) is 0 Å². The molecule has 0 aliphatic heterocycles. The van der Waals surface area contributed by atoms with Crippen LogP contribution in [-0.4, -0.2) is 310 Å². The van der Waals surface area contributed by atoms with Crippen LogP contribution in [0.1, 0.15) is 170 Å². The third-order valence-corrected chi connectivity index (χ3v) is 21.2. The third-order valence-electron chi connectivity index (χ3n) is 21.2. The van der Waals surface area contributed by atoms with E-state index in [0.717, 1.165) is 6.92 Å². The first-order valence-electron chi connectivity index (χ1n) is 44.4. The van der Waals surface area contributed by atoms with Crippen molar-refractivity contribution < 1.29 is 106 Å². The lowest BCUT2D eigenvalue weighted by molar-refractivity contribution is -0.139. The molecule has 137 heavy (non-hydrogen) atoms. The molecular weight excluding hydrogens is 1810 g/mol. The standard InChI is InChI=1S/C79H142N36O22/c1-8-37(4)57(113-67(130)45(19-14-28-98-78(90)91)105-70(133)51(35-116)111-69(132)49(30-41-32-94-36-102-41)109-61(124)42(80)16-11-25-95-75(84)85)71(134)100-33-55(121)112-58(38(5)9-2)73(136)114-59(39(6)10-3)72(135)108-48(22-24-53(82)119)66(129)106-47(21-23-52(81)118)65(128)103-43(17-12-26-96-76(86)87)63(126)104-46(20-15-29-99-79(92)93)68(131)115-60(40(7)117)74(137)107-44(18-13-27-97-77(88)89)64(127)110-50(31-54(83)120)62(125)101-34-56(122)123/h32,36-40,42-51,57-60,116-117H,8-31,33-35,80H2,1-7H3,(H2,81,118)(H2,82,119)(H2,83,120)(H,94,102)(H,100,134)(H,101,125)(H,103,128)(H,104,126)(H,105,133)(H,106,129)(H,107,137)(H,108,135)(H,109,124)(H,110,127)(H,111,132)(H,112,121)(H,113,130)(H,114,136)(H,115,131)(H,122,123)(H4,84,85,95)(H4,86,87,96)(H4,88,89,97)(H4,90,91,98)(H4,92,93,99)/t37-,38-,39-,40+,42-,43-,44-,45-,46-,47-,48-,49-,50-,51-,57-,58-,59-,60-/m0/s1. The Hall–Kier alpha value is -14.6. The summed E-state index contributed by atoms with van der Waals surface area (Å²) in [5, 5.41) is 117. The van der Waals surface area contributed by atoms with Gasteiger partial charge in [0.25, 0.3) is 0 Å². The zero-order valence-electron chi connectivity index (χ0n) is 77.9. The Labute approximate surface area is 790 Å².